The molecule has 1 saturated heterocycles. The highest BCUT2D eigenvalue weighted by Gasteiger charge is 2.25. The summed E-state index contributed by atoms with van der Waals surface area (Å²) in [6, 6.07) is 4.99. The van der Waals surface area contributed by atoms with Crippen molar-refractivity contribution < 1.29 is 22.7 Å². The summed E-state index contributed by atoms with van der Waals surface area (Å²) < 4.78 is 30.5. The second kappa shape index (κ2) is 7.63. The molecule has 1 aromatic rings. The van der Waals surface area contributed by atoms with E-state index in [9.17, 15) is 18.0 Å². The number of sulfonamides is 1. The summed E-state index contributed by atoms with van der Waals surface area (Å²) in [7, 11) is -3.33. The second-order valence-electron chi connectivity index (χ2n) is 6.58. The zero-order chi connectivity index (χ0) is 18.7. The van der Waals surface area contributed by atoms with Crippen molar-refractivity contribution in [2.45, 2.75) is 31.8 Å². The summed E-state index contributed by atoms with van der Waals surface area (Å²) >= 11 is 0. The lowest BCUT2D eigenvalue weighted by atomic mass is 10.0. The SMILES string of the molecule is CS(=O)(=O)N1CCCc2cc(NC(=O)C(=O)NC[C@@H]3CCCO3)ccc21. The molecule has 9 heteroatoms. The van der Waals surface area contributed by atoms with E-state index in [4.69, 9.17) is 4.74 Å². The van der Waals surface area contributed by atoms with Crippen molar-refractivity contribution in [2.75, 3.05) is 35.6 Å². The Hall–Kier alpha value is -2.13. The van der Waals surface area contributed by atoms with Crippen molar-refractivity contribution in [3.05, 3.63) is 23.8 Å². The molecule has 142 valence electrons. The molecule has 2 heterocycles. The molecule has 8 nitrogen and oxygen atoms in total. The first-order valence-electron chi connectivity index (χ1n) is 8.66. The van der Waals surface area contributed by atoms with Gasteiger partial charge in [-0.1, -0.05) is 0 Å². The van der Waals surface area contributed by atoms with Crippen molar-refractivity contribution >= 4 is 33.2 Å². The highest BCUT2D eigenvalue weighted by molar-refractivity contribution is 7.92. The summed E-state index contributed by atoms with van der Waals surface area (Å²) in [5, 5.41) is 5.13. The predicted molar refractivity (Wildman–Crippen MR) is 97.6 cm³/mol. The lowest BCUT2D eigenvalue weighted by Crippen LogP contribution is -2.39. The lowest BCUT2D eigenvalue weighted by Gasteiger charge is -2.29. The van der Waals surface area contributed by atoms with Gasteiger partial charge in [0.05, 0.1) is 18.0 Å². The van der Waals surface area contributed by atoms with Crippen LogP contribution in [0.2, 0.25) is 0 Å². The van der Waals surface area contributed by atoms with E-state index in [0.717, 1.165) is 24.8 Å². The molecule has 2 amide bonds. The molecule has 2 N–H and O–H groups in total. The topological polar surface area (TPSA) is 105 Å². The third-order valence-electron chi connectivity index (χ3n) is 4.53. The van der Waals surface area contributed by atoms with Gasteiger partial charge in [0, 0.05) is 25.4 Å². The van der Waals surface area contributed by atoms with Gasteiger partial charge in [-0.05, 0) is 49.4 Å². The fraction of sp³-hybridized carbons (Fsp3) is 0.529. The number of carbonyl (C=O) groups is 2. The summed E-state index contributed by atoms with van der Waals surface area (Å²) in [4.78, 5) is 23.9. The van der Waals surface area contributed by atoms with Crippen LogP contribution in [0.3, 0.4) is 0 Å². The highest BCUT2D eigenvalue weighted by atomic mass is 32.2. The van der Waals surface area contributed by atoms with Crippen LogP contribution in [0.25, 0.3) is 0 Å². The van der Waals surface area contributed by atoms with Gasteiger partial charge in [0.25, 0.3) is 0 Å². The third kappa shape index (κ3) is 4.34. The van der Waals surface area contributed by atoms with Gasteiger partial charge in [-0.2, -0.15) is 0 Å². The molecule has 3 rings (SSSR count). The number of rotatable bonds is 4. The highest BCUT2D eigenvalue weighted by Crippen LogP contribution is 2.31. The van der Waals surface area contributed by atoms with Crippen LogP contribution in [0.15, 0.2) is 18.2 Å². The molecule has 0 aliphatic carbocycles. The number of aryl methyl sites for hydroxylation is 1. The van der Waals surface area contributed by atoms with E-state index in [2.05, 4.69) is 10.6 Å². The van der Waals surface area contributed by atoms with E-state index in [0.29, 0.717) is 37.5 Å². The van der Waals surface area contributed by atoms with Crippen LogP contribution in [0.5, 0.6) is 0 Å². The van der Waals surface area contributed by atoms with Gasteiger partial charge in [0.1, 0.15) is 0 Å². The first-order valence-corrected chi connectivity index (χ1v) is 10.5. The number of fused-ring (bicyclic) bond motifs is 1. The Bertz CT molecular complexity index is 803. The van der Waals surface area contributed by atoms with Crippen molar-refractivity contribution in [3.8, 4) is 0 Å². The smallest absolute Gasteiger partial charge is 0.313 e. The lowest BCUT2D eigenvalue weighted by molar-refractivity contribution is -0.136. The molecule has 0 spiro atoms. The predicted octanol–water partition coefficient (Wildman–Crippen LogP) is 0.633. The number of anilines is 2. The van der Waals surface area contributed by atoms with E-state index in [1.54, 1.807) is 18.2 Å². The van der Waals surface area contributed by atoms with Crippen LogP contribution in [0.1, 0.15) is 24.8 Å². The minimum absolute atomic E-state index is 0.0301. The van der Waals surface area contributed by atoms with Gasteiger partial charge in [-0.3, -0.25) is 13.9 Å². The summed E-state index contributed by atoms with van der Waals surface area (Å²) in [6.45, 7) is 1.45. The Labute approximate surface area is 152 Å². The Morgan fingerprint density at radius 2 is 2.08 bits per heavy atom. The van der Waals surface area contributed by atoms with Gasteiger partial charge < -0.3 is 15.4 Å². The minimum Gasteiger partial charge on any atom is -0.376 e. The molecule has 2 aliphatic rings. The average molecular weight is 381 g/mol. The van der Waals surface area contributed by atoms with Gasteiger partial charge in [0.15, 0.2) is 0 Å². The Morgan fingerprint density at radius 1 is 1.27 bits per heavy atom. The van der Waals surface area contributed by atoms with Gasteiger partial charge >= 0.3 is 11.8 Å². The number of nitrogens with zero attached hydrogens (tertiary/aromatic N) is 1. The fourth-order valence-corrected chi connectivity index (χ4v) is 4.26. The molecule has 1 atom stereocenters. The van der Waals surface area contributed by atoms with E-state index >= 15 is 0 Å². The van der Waals surface area contributed by atoms with Crippen LogP contribution in [0.4, 0.5) is 11.4 Å². The normalized spacial score (nSPS) is 19.7. The molecule has 0 saturated carbocycles. The van der Waals surface area contributed by atoms with Gasteiger partial charge in [-0.25, -0.2) is 8.42 Å². The maximum atomic E-state index is 12.0. The van der Waals surface area contributed by atoms with Crippen LogP contribution >= 0.6 is 0 Å². The van der Waals surface area contributed by atoms with Crippen molar-refractivity contribution in [2.24, 2.45) is 0 Å². The summed E-state index contributed by atoms with van der Waals surface area (Å²) in [5.41, 5.74) is 1.93. The molecule has 1 aromatic carbocycles. The molecule has 0 aromatic heterocycles. The Balaban J connectivity index is 1.63. The number of hydrogen-bond donors (Lipinski definition) is 2. The van der Waals surface area contributed by atoms with Gasteiger partial charge in [-0.15, -0.1) is 0 Å². The first-order chi connectivity index (χ1) is 12.3. The molecule has 0 unspecified atom stereocenters. The molecule has 2 aliphatic heterocycles. The largest absolute Gasteiger partial charge is 0.376 e. The van der Waals surface area contributed by atoms with E-state index in [1.165, 1.54) is 10.6 Å². The number of hydrogen-bond acceptors (Lipinski definition) is 5. The van der Waals surface area contributed by atoms with Crippen molar-refractivity contribution in [3.63, 3.8) is 0 Å². The zero-order valence-corrected chi connectivity index (χ0v) is 15.5. The van der Waals surface area contributed by atoms with Crippen molar-refractivity contribution in [1.29, 1.82) is 0 Å². The zero-order valence-electron chi connectivity index (χ0n) is 14.7. The molecule has 1 fully saturated rings. The fourth-order valence-electron chi connectivity index (χ4n) is 3.26. The number of ether oxygens (including phenoxy) is 1. The monoisotopic (exact) mass is 381 g/mol. The number of benzene rings is 1. The Morgan fingerprint density at radius 3 is 2.77 bits per heavy atom. The summed E-state index contributed by atoms with van der Waals surface area (Å²) in [6.07, 6.45) is 4.42. The second-order valence-corrected chi connectivity index (χ2v) is 8.49. The third-order valence-corrected chi connectivity index (χ3v) is 5.71. The summed E-state index contributed by atoms with van der Waals surface area (Å²) in [5.74, 6) is -1.46. The van der Waals surface area contributed by atoms with Crippen LogP contribution < -0.4 is 14.9 Å². The number of nitrogens with one attached hydrogen (secondary N) is 2. The standard InChI is InChI=1S/C17H23N3O5S/c1-26(23,24)20-8-2-4-12-10-13(6-7-15(12)20)19-17(22)16(21)18-11-14-5-3-9-25-14/h6-7,10,14H,2-5,8-9,11H2,1H3,(H,18,21)(H,19,22)/t14-/m0/s1. The molecular formula is C17H23N3O5S. The van der Waals surface area contributed by atoms with Crippen LogP contribution in [-0.4, -0.2) is 52.3 Å². The maximum Gasteiger partial charge on any atom is 0.313 e. The van der Waals surface area contributed by atoms with Crippen molar-refractivity contribution in [1.82, 2.24) is 5.32 Å². The number of amides is 2. The van der Waals surface area contributed by atoms with E-state index in [1.807, 2.05) is 0 Å². The van der Waals surface area contributed by atoms with E-state index in [-0.39, 0.29) is 6.10 Å². The quantitative estimate of drug-likeness (QED) is 0.745. The average Bonchev–Trinajstić information content (AvgIpc) is 3.11. The molecular weight excluding hydrogens is 358 g/mol. The van der Waals surface area contributed by atoms with E-state index < -0.39 is 21.8 Å². The first kappa shape index (κ1) is 18.7. The van der Waals surface area contributed by atoms with Gasteiger partial charge in [0.2, 0.25) is 10.0 Å². The van der Waals surface area contributed by atoms with Crippen LogP contribution in [-0.2, 0) is 30.8 Å². The van der Waals surface area contributed by atoms with Crippen LogP contribution in [0, 0.1) is 0 Å². The maximum absolute atomic E-state index is 12.0. The minimum atomic E-state index is -3.33. The molecule has 0 bridgehead atoms. The Kier molecular flexibility index (Phi) is 5.47. The molecule has 26 heavy (non-hydrogen) atoms. The number of carbonyl (C=O) groups excluding carboxylic acids is 2. The molecule has 0 radical (unpaired) electrons.